The van der Waals surface area contributed by atoms with E-state index in [2.05, 4.69) is 10.4 Å². The highest BCUT2D eigenvalue weighted by Crippen LogP contribution is 2.41. The van der Waals surface area contributed by atoms with Crippen molar-refractivity contribution in [2.24, 2.45) is 0 Å². The SMILES string of the molecule is Nc1ccc(-c2csc3c(-c4cccc(CS(=O)[O-])c4)cnc(N)c23)cc1. The molecule has 4 rings (SSSR count). The second-order valence-corrected chi connectivity index (χ2v) is 7.96. The summed E-state index contributed by atoms with van der Waals surface area (Å²) in [4.78, 5) is 4.39. The molecule has 0 saturated heterocycles. The van der Waals surface area contributed by atoms with E-state index in [1.165, 1.54) is 0 Å². The zero-order chi connectivity index (χ0) is 19.0. The van der Waals surface area contributed by atoms with Crippen LogP contribution in [-0.2, 0) is 16.8 Å². The van der Waals surface area contributed by atoms with Crippen molar-refractivity contribution in [1.29, 1.82) is 0 Å². The van der Waals surface area contributed by atoms with Crippen LogP contribution in [0.5, 0.6) is 0 Å². The van der Waals surface area contributed by atoms with Gasteiger partial charge in [-0.25, -0.2) is 4.98 Å². The van der Waals surface area contributed by atoms with E-state index in [0.29, 0.717) is 11.5 Å². The van der Waals surface area contributed by atoms with Crippen LogP contribution in [0.2, 0.25) is 0 Å². The molecule has 4 N–H and O–H groups in total. The molecule has 1 atom stereocenters. The molecule has 0 radical (unpaired) electrons. The Morgan fingerprint density at radius 2 is 1.81 bits per heavy atom. The Morgan fingerprint density at radius 3 is 2.56 bits per heavy atom. The van der Waals surface area contributed by atoms with Gasteiger partial charge in [-0.05, 0) is 34.2 Å². The van der Waals surface area contributed by atoms with Gasteiger partial charge in [0.05, 0.1) is 0 Å². The fourth-order valence-corrected chi connectivity index (χ4v) is 4.68. The van der Waals surface area contributed by atoms with Crippen LogP contribution in [0.3, 0.4) is 0 Å². The van der Waals surface area contributed by atoms with Crippen molar-refractivity contribution in [2.75, 3.05) is 11.5 Å². The topological polar surface area (TPSA) is 105 Å². The molecule has 0 saturated carbocycles. The normalized spacial score (nSPS) is 12.3. The zero-order valence-electron chi connectivity index (χ0n) is 14.2. The number of aromatic nitrogens is 1. The first-order valence-corrected chi connectivity index (χ1v) is 10.3. The van der Waals surface area contributed by atoms with Gasteiger partial charge in [0.15, 0.2) is 0 Å². The predicted molar refractivity (Wildman–Crippen MR) is 112 cm³/mol. The molecule has 4 aromatic rings. The molecule has 27 heavy (non-hydrogen) atoms. The molecule has 0 fully saturated rings. The first kappa shape index (κ1) is 17.7. The molecular formula is C20H16N3O2S2-. The number of nitrogens with zero attached hydrogens (tertiary/aromatic N) is 1. The highest BCUT2D eigenvalue weighted by Gasteiger charge is 2.15. The zero-order valence-corrected chi connectivity index (χ0v) is 15.8. The van der Waals surface area contributed by atoms with Gasteiger partial charge < -0.3 is 16.0 Å². The number of hydrogen-bond acceptors (Lipinski definition) is 6. The molecule has 1 unspecified atom stereocenters. The first-order chi connectivity index (χ1) is 13.0. The summed E-state index contributed by atoms with van der Waals surface area (Å²) in [5, 5.41) is 2.97. The van der Waals surface area contributed by atoms with Crippen molar-refractivity contribution >= 4 is 44.0 Å². The molecule has 7 heteroatoms. The number of fused-ring (bicyclic) bond motifs is 1. The highest BCUT2D eigenvalue weighted by atomic mass is 32.2. The highest BCUT2D eigenvalue weighted by molar-refractivity contribution is 7.78. The second-order valence-electron chi connectivity index (χ2n) is 6.18. The molecule has 0 aliphatic heterocycles. The van der Waals surface area contributed by atoms with Gasteiger partial charge in [0.1, 0.15) is 5.82 Å². The minimum absolute atomic E-state index is 0.0134. The molecule has 2 aromatic heterocycles. The van der Waals surface area contributed by atoms with Crippen LogP contribution in [0.1, 0.15) is 5.56 Å². The van der Waals surface area contributed by atoms with Crippen LogP contribution >= 0.6 is 11.3 Å². The van der Waals surface area contributed by atoms with Crippen LogP contribution in [-0.4, -0.2) is 13.7 Å². The molecule has 0 spiro atoms. The molecule has 0 amide bonds. The van der Waals surface area contributed by atoms with E-state index in [1.807, 2.05) is 42.5 Å². The Balaban J connectivity index is 1.88. The molecule has 0 aliphatic rings. The number of thiophene rings is 1. The third-order valence-corrected chi connectivity index (χ3v) is 5.95. The Hall–Kier alpha value is -2.74. The number of hydrogen-bond donors (Lipinski definition) is 2. The molecule has 136 valence electrons. The van der Waals surface area contributed by atoms with Crippen LogP contribution in [0.25, 0.3) is 32.3 Å². The third kappa shape index (κ3) is 3.44. The van der Waals surface area contributed by atoms with E-state index in [-0.39, 0.29) is 5.75 Å². The van der Waals surface area contributed by atoms with Crippen LogP contribution in [0.4, 0.5) is 11.5 Å². The Labute approximate surface area is 163 Å². The summed E-state index contributed by atoms with van der Waals surface area (Å²) < 4.78 is 23.1. The lowest BCUT2D eigenvalue weighted by atomic mass is 10.0. The van der Waals surface area contributed by atoms with Crippen LogP contribution < -0.4 is 11.5 Å². The summed E-state index contributed by atoms with van der Waals surface area (Å²) in [6, 6.07) is 15.1. The van der Waals surface area contributed by atoms with E-state index in [0.717, 1.165) is 37.9 Å². The van der Waals surface area contributed by atoms with Gasteiger partial charge >= 0.3 is 0 Å². The fourth-order valence-electron chi connectivity index (χ4n) is 3.11. The summed E-state index contributed by atoms with van der Waals surface area (Å²) in [5.41, 5.74) is 17.3. The van der Waals surface area contributed by atoms with Crippen LogP contribution in [0.15, 0.2) is 60.1 Å². The Bertz CT molecular complexity index is 1150. The molecule has 2 aromatic carbocycles. The largest absolute Gasteiger partial charge is 0.772 e. The second kappa shape index (κ2) is 7.11. The molecule has 2 heterocycles. The average molecular weight is 395 g/mol. The van der Waals surface area contributed by atoms with Gasteiger partial charge in [0.2, 0.25) is 0 Å². The maximum Gasteiger partial charge on any atom is 0.132 e. The predicted octanol–water partition coefficient (Wildman–Crippen LogP) is 4.17. The van der Waals surface area contributed by atoms with Crippen molar-refractivity contribution < 1.29 is 8.76 Å². The van der Waals surface area contributed by atoms with Gasteiger partial charge in [-0.3, -0.25) is 4.21 Å². The number of rotatable bonds is 4. The lowest BCUT2D eigenvalue weighted by Crippen LogP contribution is -1.95. The molecule has 0 aliphatic carbocycles. The van der Waals surface area contributed by atoms with Crippen molar-refractivity contribution in [1.82, 2.24) is 4.98 Å². The van der Waals surface area contributed by atoms with Crippen molar-refractivity contribution in [2.45, 2.75) is 5.75 Å². The van der Waals surface area contributed by atoms with Gasteiger partial charge in [-0.15, -0.1) is 11.3 Å². The molecular weight excluding hydrogens is 378 g/mol. The first-order valence-electron chi connectivity index (χ1n) is 8.19. The number of anilines is 2. The van der Waals surface area contributed by atoms with E-state index in [1.54, 1.807) is 23.6 Å². The number of benzene rings is 2. The number of nitrogens with two attached hydrogens (primary N) is 2. The molecule has 5 nitrogen and oxygen atoms in total. The minimum atomic E-state index is -2.13. The van der Waals surface area contributed by atoms with Crippen molar-refractivity contribution in [3.05, 3.63) is 65.7 Å². The van der Waals surface area contributed by atoms with E-state index in [4.69, 9.17) is 11.5 Å². The van der Waals surface area contributed by atoms with E-state index >= 15 is 0 Å². The van der Waals surface area contributed by atoms with Crippen molar-refractivity contribution in [3.8, 4) is 22.3 Å². The standard InChI is InChI=1S/C20H17N3O2S2/c21-15-6-4-13(5-7-15)17-10-26-19-16(9-23-20(22)18(17)19)14-3-1-2-12(8-14)11-27(24)25/h1-10H,11,21H2,(H2,22,23)(H,24,25)/p-1. The van der Waals surface area contributed by atoms with Gasteiger partial charge in [0, 0.05) is 38.9 Å². The molecule has 0 bridgehead atoms. The lowest BCUT2D eigenvalue weighted by molar-refractivity contribution is 0.536. The maximum absolute atomic E-state index is 11.0. The summed E-state index contributed by atoms with van der Waals surface area (Å²) >= 11 is -0.533. The minimum Gasteiger partial charge on any atom is -0.772 e. The van der Waals surface area contributed by atoms with E-state index in [9.17, 15) is 8.76 Å². The monoisotopic (exact) mass is 394 g/mol. The summed E-state index contributed by atoms with van der Waals surface area (Å²) in [7, 11) is 0. The van der Waals surface area contributed by atoms with Gasteiger partial charge in [-0.1, -0.05) is 47.5 Å². The number of pyridine rings is 1. The summed E-state index contributed by atoms with van der Waals surface area (Å²) in [6.45, 7) is 0. The van der Waals surface area contributed by atoms with Crippen LogP contribution in [0, 0.1) is 0 Å². The van der Waals surface area contributed by atoms with Gasteiger partial charge in [-0.2, -0.15) is 0 Å². The quantitative estimate of drug-likeness (QED) is 0.399. The van der Waals surface area contributed by atoms with Gasteiger partial charge in [0.25, 0.3) is 0 Å². The third-order valence-electron chi connectivity index (χ3n) is 4.37. The Kier molecular flexibility index (Phi) is 4.65. The lowest BCUT2D eigenvalue weighted by Gasteiger charge is -2.10. The Morgan fingerprint density at radius 1 is 1.04 bits per heavy atom. The number of nitrogen functional groups attached to an aromatic ring is 2. The maximum atomic E-state index is 11.0. The smallest absolute Gasteiger partial charge is 0.132 e. The summed E-state index contributed by atoms with van der Waals surface area (Å²) in [6.07, 6.45) is 1.74. The fraction of sp³-hybridized carbons (Fsp3) is 0.0500. The van der Waals surface area contributed by atoms with Crippen molar-refractivity contribution in [3.63, 3.8) is 0 Å². The average Bonchev–Trinajstić information content (AvgIpc) is 3.08. The summed E-state index contributed by atoms with van der Waals surface area (Å²) in [5.74, 6) is 0.458. The van der Waals surface area contributed by atoms with E-state index < -0.39 is 11.1 Å².